The van der Waals surface area contributed by atoms with E-state index in [1.807, 2.05) is 27.7 Å². The minimum Gasteiger partial charge on any atom is -0.184 e. The highest BCUT2D eigenvalue weighted by Crippen LogP contribution is 2.07. The fourth-order valence-corrected chi connectivity index (χ4v) is 0.814. The summed E-state index contributed by atoms with van der Waals surface area (Å²) in [4.78, 5) is 1.65. The summed E-state index contributed by atoms with van der Waals surface area (Å²) in [6, 6.07) is 0. The van der Waals surface area contributed by atoms with E-state index in [0.717, 1.165) is 16.8 Å². The van der Waals surface area contributed by atoms with E-state index in [1.165, 1.54) is 0 Å². The van der Waals surface area contributed by atoms with Crippen LogP contribution in [-0.4, -0.2) is 15.0 Å². The van der Waals surface area contributed by atoms with Gasteiger partial charge in [-0.05, 0) is 29.8 Å². The largest absolute Gasteiger partial charge is 0.184 e. The lowest BCUT2D eigenvalue weighted by molar-refractivity contribution is 0.564. The Hall–Kier alpha value is -0.380. The molecule has 1 aromatic heterocycles. The molecule has 0 spiro atoms. The molecule has 0 unspecified atom stereocenters. The van der Waals surface area contributed by atoms with Gasteiger partial charge in [0.1, 0.15) is 0 Å². The Morgan fingerprint density at radius 2 is 1.91 bits per heavy atom. The maximum atomic E-state index is 4.09. The first-order valence-corrected chi connectivity index (χ1v) is 4.60. The second-order valence-corrected chi connectivity index (χ2v) is 2.52. The molecule has 64 valence electrons. The number of hydrogen-bond donors (Lipinski definition) is 0. The van der Waals surface area contributed by atoms with Crippen LogP contribution < -0.4 is 0 Å². The molecule has 0 radical (unpaired) electrons. The maximum absolute atomic E-state index is 4.09. The molecule has 0 amide bonds. The Morgan fingerprint density at radius 3 is 2.09 bits per heavy atom. The zero-order valence-corrected chi connectivity index (χ0v) is 9.01. The van der Waals surface area contributed by atoms with Crippen molar-refractivity contribution >= 4 is 15.9 Å². The monoisotopic (exact) mass is 219 g/mol. The van der Waals surface area contributed by atoms with Crippen molar-refractivity contribution in [3.05, 3.63) is 10.3 Å². The van der Waals surface area contributed by atoms with Gasteiger partial charge in [-0.2, -0.15) is 9.90 Å². The summed E-state index contributed by atoms with van der Waals surface area (Å²) in [6.07, 6.45) is 0. The van der Waals surface area contributed by atoms with Gasteiger partial charge >= 0.3 is 0 Å². The van der Waals surface area contributed by atoms with Crippen molar-refractivity contribution in [1.29, 1.82) is 0 Å². The average molecular weight is 220 g/mol. The number of nitrogens with zero attached hydrogens (tertiary/aromatic N) is 3. The van der Waals surface area contributed by atoms with E-state index in [2.05, 4.69) is 26.1 Å². The van der Waals surface area contributed by atoms with Gasteiger partial charge in [0.15, 0.2) is 4.60 Å². The summed E-state index contributed by atoms with van der Waals surface area (Å²) in [7, 11) is 0. The van der Waals surface area contributed by atoms with Gasteiger partial charge < -0.3 is 0 Å². The lowest BCUT2D eigenvalue weighted by Crippen LogP contribution is -1.97. The maximum Gasteiger partial charge on any atom is 0.151 e. The van der Waals surface area contributed by atoms with Crippen LogP contribution in [0.3, 0.4) is 0 Å². The zero-order chi connectivity index (χ0) is 8.85. The molecule has 0 fully saturated rings. The molecular formula is C7H14BrN3. The van der Waals surface area contributed by atoms with Crippen molar-refractivity contribution < 1.29 is 0 Å². The topological polar surface area (TPSA) is 30.7 Å². The van der Waals surface area contributed by atoms with Crippen molar-refractivity contribution in [2.45, 2.75) is 34.2 Å². The van der Waals surface area contributed by atoms with Crippen molar-refractivity contribution in [2.24, 2.45) is 0 Å². The fraction of sp³-hybridized carbons (Fsp3) is 0.714. The summed E-state index contributed by atoms with van der Waals surface area (Å²) < 4.78 is 0.837. The van der Waals surface area contributed by atoms with Crippen molar-refractivity contribution in [3.8, 4) is 0 Å². The third-order valence-electron chi connectivity index (χ3n) is 1.05. The van der Waals surface area contributed by atoms with Gasteiger partial charge in [-0.1, -0.05) is 13.8 Å². The first-order chi connectivity index (χ1) is 5.24. The van der Waals surface area contributed by atoms with Crippen molar-refractivity contribution in [1.82, 2.24) is 15.0 Å². The number of rotatable bonds is 1. The first-order valence-electron chi connectivity index (χ1n) is 3.81. The Morgan fingerprint density at radius 1 is 1.36 bits per heavy atom. The summed E-state index contributed by atoms with van der Waals surface area (Å²) in [5.41, 5.74) is 0.942. The van der Waals surface area contributed by atoms with E-state index in [9.17, 15) is 0 Å². The predicted molar refractivity (Wildman–Crippen MR) is 49.5 cm³/mol. The average Bonchev–Trinajstić information content (AvgIpc) is 2.36. The van der Waals surface area contributed by atoms with Crippen molar-refractivity contribution in [3.63, 3.8) is 0 Å². The highest BCUT2D eigenvalue weighted by Gasteiger charge is 1.99. The van der Waals surface area contributed by atoms with E-state index in [-0.39, 0.29) is 0 Å². The minimum absolute atomic E-state index is 0.826. The number of aryl methyl sites for hydroxylation is 2. The Labute approximate surface area is 75.9 Å². The minimum atomic E-state index is 0.826. The van der Waals surface area contributed by atoms with E-state index in [4.69, 9.17) is 0 Å². The van der Waals surface area contributed by atoms with Gasteiger partial charge in [0, 0.05) is 0 Å². The lowest BCUT2D eigenvalue weighted by Gasteiger charge is -1.86. The molecule has 0 saturated heterocycles. The molecule has 0 aliphatic carbocycles. The molecule has 3 nitrogen and oxygen atoms in total. The molecule has 11 heavy (non-hydrogen) atoms. The molecule has 0 bridgehead atoms. The lowest BCUT2D eigenvalue weighted by atomic mass is 10.6. The third-order valence-corrected chi connectivity index (χ3v) is 1.78. The molecule has 4 heteroatoms. The third kappa shape index (κ3) is 3.01. The van der Waals surface area contributed by atoms with E-state index >= 15 is 0 Å². The van der Waals surface area contributed by atoms with Gasteiger partial charge in [0.2, 0.25) is 0 Å². The highest BCUT2D eigenvalue weighted by atomic mass is 79.9. The Bertz CT molecular complexity index is 188. The van der Waals surface area contributed by atoms with Crippen LogP contribution in [-0.2, 0) is 6.54 Å². The number of aromatic nitrogens is 3. The van der Waals surface area contributed by atoms with Gasteiger partial charge in [-0.15, -0.1) is 5.10 Å². The Balaban J connectivity index is 0.000000461. The molecule has 0 aliphatic heterocycles. The molecule has 1 heterocycles. The first kappa shape index (κ1) is 10.6. The Kier molecular flexibility index (Phi) is 5.11. The SMILES string of the molecule is CC.CCn1nc(C)c(Br)n1. The molecule has 0 atom stereocenters. The standard InChI is InChI=1S/C5H8BrN3.C2H6/c1-3-9-7-4(2)5(6)8-9;1-2/h3H2,1-2H3;1-2H3. The molecule has 0 saturated carbocycles. The van der Waals surface area contributed by atoms with Crippen molar-refractivity contribution in [2.75, 3.05) is 0 Å². The predicted octanol–water partition coefficient (Wildman–Crippen LogP) is 2.40. The fourth-order valence-electron chi connectivity index (χ4n) is 0.552. The summed E-state index contributed by atoms with van der Waals surface area (Å²) in [5.74, 6) is 0. The quantitative estimate of drug-likeness (QED) is 0.727. The zero-order valence-electron chi connectivity index (χ0n) is 7.43. The van der Waals surface area contributed by atoms with Gasteiger partial charge in [-0.25, -0.2) is 0 Å². The van der Waals surface area contributed by atoms with Crippen LogP contribution in [0.1, 0.15) is 26.5 Å². The van der Waals surface area contributed by atoms with Gasteiger partial charge in [-0.3, -0.25) is 0 Å². The second-order valence-electron chi connectivity index (χ2n) is 1.76. The van der Waals surface area contributed by atoms with E-state index < -0.39 is 0 Å². The van der Waals surface area contributed by atoms with Crippen LogP contribution in [0.15, 0.2) is 4.60 Å². The van der Waals surface area contributed by atoms with E-state index in [0.29, 0.717) is 0 Å². The van der Waals surface area contributed by atoms with Crippen LogP contribution in [0.4, 0.5) is 0 Å². The summed E-state index contributed by atoms with van der Waals surface area (Å²) in [6.45, 7) is 8.75. The van der Waals surface area contributed by atoms with Gasteiger partial charge in [0.25, 0.3) is 0 Å². The van der Waals surface area contributed by atoms with Crippen LogP contribution in [0.25, 0.3) is 0 Å². The summed E-state index contributed by atoms with van der Waals surface area (Å²) in [5, 5.41) is 8.14. The molecule has 0 aromatic carbocycles. The second kappa shape index (κ2) is 5.29. The van der Waals surface area contributed by atoms with Crippen LogP contribution >= 0.6 is 15.9 Å². The number of hydrogen-bond acceptors (Lipinski definition) is 2. The van der Waals surface area contributed by atoms with Crippen LogP contribution in [0.2, 0.25) is 0 Å². The van der Waals surface area contributed by atoms with E-state index in [1.54, 1.807) is 4.80 Å². The number of halogens is 1. The van der Waals surface area contributed by atoms with Crippen LogP contribution in [0.5, 0.6) is 0 Å². The van der Waals surface area contributed by atoms with Crippen LogP contribution in [0, 0.1) is 6.92 Å². The summed E-state index contributed by atoms with van der Waals surface area (Å²) >= 11 is 3.26. The van der Waals surface area contributed by atoms with Gasteiger partial charge in [0.05, 0.1) is 12.2 Å². The molecule has 1 aromatic rings. The normalized spacial score (nSPS) is 8.82. The molecule has 1 rings (SSSR count). The smallest absolute Gasteiger partial charge is 0.151 e. The molecule has 0 aliphatic rings. The highest BCUT2D eigenvalue weighted by molar-refractivity contribution is 9.10. The molecule has 0 N–H and O–H groups in total. The molecular weight excluding hydrogens is 206 g/mol.